The first kappa shape index (κ1) is 17.0. The van der Waals surface area contributed by atoms with Crippen molar-refractivity contribution in [3.05, 3.63) is 59.7 Å². The van der Waals surface area contributed by atoms with Crippen LogP contribution < -0.4 is 10.00 Å². The summed E-state index contributed by atoms with van der Waals surface area (Å²) < 4.78 is 45.6. The molecule has 1 amide bonds. The van der Waals surface area contributed by atoms with Crippen LogP contribution in [0.15, 0.2) is 42.7 Å². The van der Waals surface area contributed by atoms with Crippen LogP contribution >= 0.6 is 0 Å². The molecule has 0 aliphatic carbocycles. The Morgan fingerprint density at radius 2 is 1.96 bits per heavy atom. The van der Waals surface area contributed by atoms with Gasteiger partial charge in [-0.15, -0.1) is 0 Å². The topological polar surface area (TPSA) is 103 Å². The molecule has 122 valence electrons. The Hall–Kier alpha value is -2.39. The maximum atomic E-state index is 12.8. The summed E-state index contributed by atoms with van der Waals surface area (Å²) in [5.74, 6) is -1.29. The molecule has 2 rings (SSSR count). The summed E-state index contributed by atoms with van der Waals surface area (Å²) in [4.78, 5) is 11.9. The van der Waals surface area contributed by atoms with Gasteiger partial charge in [0.1, 0.15) is 22.1 Å². The summed E-state index contributed by atoms with van der Waals surface area (Å²) >= 11 is 0. The molecule has 1 N–H and O–H groups in total. The summed E-state index contributed by atoms with van der Waals surface area (Å²) in [6.45, 7) is 0.158. The van der Waals surface area contributed by atoms with Gasteiger partial charge in [0, 0.05) is 12.6 Å². The summed E-state index contributed by atoms with van der Waals surface area (Å²) in [5.41, 5.74) is 1.03. The highest BCUT2D eigenvalue weighted by Gasteiger charge is 2.10. The van der Waals surface area contributed by atoms with E-state index in [1.807, 2.05) is 0 Å². The zero-order chi connectivity index (χ0) is 16.9. The second-order valence-corrected chi connectivity index (χ2v) is 6.27. The van der Waals surface area contributed by atoms with Crippen molar-refractivity contribution in [1.82, 2.24) is 10.4 Å². The van der Waals surface area contributed by atoms with Crippen LogP contribution in [0, 0.1) is 5.82 Å². The van der Waals surface area contributed by atoms with Crippen molar-refractivity contribution < 1.29 is 26.8 Å². The minimum absolute atomic E-state index is 0.0800. The molecule has 0 aliphatic rings. The molecule has 0 aliphatic heterocycles. The normalized spacial score (nSPS) is 11.2. The fourth-order valence-electron chi connectivity index (χ4n) is 1.74. The number of benzene rings is 1. The molecule has 0 bridgehead atoms. The van der Waals surface area contributed by atoms with E-state index in [4.69, 9.17) is 0 Å². The number of nitrogens with one attached hydrogen (secondary N) is 1. The first-order valence-electron chi connectivity index (χ1n) is 6.65. The number of hydrogen-bond acceptors (Lipinski definition) is 5. The molecule has 0 spiro atoms. The standard InChI is InChI=1S/C14H14FN3O4S/c15-13-3-1-11(2-4-13)9-16-14(19)12-5-6-18(17-10-12)7-8-23(20,21)22/h1-6,10H,7-9H2,(H-,16,19,20,21,22). The number of amides is 1. The van der Waals surface area contributed by atoms with Crippen LogP contribution in [-0.2, 0) is 23.2 Å². The summed E-state index contributed by atoms with van der Waals surface area (Å²) in [5, 5.41) is 6.53. The molecule has 9 heteroatoms. The number of halogens is 1. The SMILES string of the molecule is O=C(NCc1ccc(F)cc1)c1cc[n+](CCS(=O)(=O)[O-])nc1. The zero-order valence-corrected chi connectivity index (χ0v) is 12.8. The molecule has 23 heavy (non-hydrogen) atoms. The van der Waals surface area contributed by atoms with Gasteiger partial charge in [-0.1, -0.05) is 16.8 Å². The van der Waals surface area contributed by atoms with E-state index < -0.39 is 15.9 Å². The van der Waals surface area contributed by atoms with E-state index in [9.17, 15) is 22.2 Å². The van der Waals surface area contributed by atoms with Gasteiger partial charge in [0.2, 0.25) is 0 Å². The highest BCUT2D eigenvalue weighted by atomic mass is 32.2. The third-order valence-electron chi connectivity index (χ3n) is 2.97. The van der Waals surface area contributed by atoms with Crippen LogP contribution in [0.2, 0.25) is 0 Å². The molecule has 1 heterocycles. The second kappa shape index (κ2) is 7.25. The summed E-state index contributed by atoms with van der Waals surface area (Å²) in [7, 11) is -4.31. The van der Waals surface area contributed by atoms with Gasteiger partial charge in [0.05, 0.1) is 11.3 Å². The third-order valence-corrected chi connectivity index (χ3v) is 3.65. The van der Waals surface area contributed by atoms with Gasteiger partial charge in [-0.3, -0.25) is 4.79 Å². The van der Waals surface area contributed by atoms with E-state index in [1.54, 1.807) is 12.1 Å². The van der Waals surface area contributed by atoms with Gasteiger partial charge in [0.15, 0.2) is 12.7 Å². The fraction of sp³-hybridized carbons (Fsp3) is 0.214. The van der Waals surface area contributed by atoms with Crippen LogP contribution in [-0.4, -0.2) is 29.7 Å². The average Bonchev–Trinajstić information content (AvgIpc) is 2.52. The lowest BCUT2D eigenvalue weighted by atomic mass is 10.2. The van der Waals surface area contributed by atoms with Crippen molar-refractivity contribution in [3.8, 4) is 0 Å². The number of aromatic nitrogens is 2. The van der Waals surface area contributed by atoms with Gasteiger partial charge in [-0.2, -0.15) is 0 Å². The van der Waals surface area contributed by atoms with Gasteiger partial charge < -0.3 is 9.87 Å². The number of rotatable bonds is 6. The number of hydrogen-bond donors (Lipinski definition) is 1. The van der Waals surface area contributed by atoms with Gasteiger partial charge in [-0.05, 0) is 22.8 Å². The fourth-order valence-corrected chi connectivity index (χ4v) is 2.15. The molecule has 7 nitrogen and oxygen atoms in total. The molecule has 0 radical (unpaired) electrons. The van der Waals surface area contributed by atoms with Crippen molar-refractivity contribution >= 4 is 16.0 Å². The molecule has 2 aromatic rings. The summed E-state index contributed by atoms with van der Waals surface area (Å²) in [6, 6.07) is 7.20. The molecular weight excluding hydrogens is 325 g/mol. The summed E-state index contributed by atoms with van der Waals surface area (Å²) in [6.07, 6.45) is 2.69. The molecule has 0 atom stereocenters. The molecule has 1 aromatic carbocycles. The zero-order valence-electron chi connectivity index (χ0n) is 12.0. The van der Waals surface area contributed by atoms with Gasteiger partial charge in [0.25, 0.3) is 5.91 Å². The number of aryl methyl sites for hydroxylation is 1. The Morgan fingerprint density at radius 1 is 1.26 bits per heavy atom. The number of nitrogens with zero attached hydrogens (tertiary/aromatic N) is 2. The first-order valence-corrected chi connectivity index (χ1v) is 8.23. The molecule has 0 fully saturated rings. The quantitative estimate of drug-likeness (QED) is 0.589. The molecule has 0 unspecified atom stereocenters. The minimum atomic E-state index is -4.31. The maximum Gasteiger partial charge on any atom is 0.253 e. The third kappa shape index (κ3) is 5.72. The van der Waals surface area contributed by atoms with Crippen molar-refractivity contribution in [1.29, 1.82) is 0 Å². The van der Waals surface area contributed by atoms with Crippen LogP contribution in [0.5, 0.6) is 0 Å². The van der Waals surface area contributed by atoms with Crippen LogP contribution in [0.4, 0.5) is 4.39 Å². The van der Waals surface area contributed by atoms with Gasteiger partial charge in [-0.25, -0.2) is 12.8 Å². The van der Waals surface area contributed by atoms with Crippen LogP contribution in [0.25, 0.3) is 0 Å². The molecular formula is C14H14FN3O4S. The van der Waals surface area contributed by atoms with E-state index in [0.717, 1.165) is 5.56 Å². The van der Waals surface area contributed by atoms with Crippen molar-refractivity contribution in [2.24, 2.45) is 0 Å². The number of carbonyl (C=O) groups excluding carboxylic acids is 1. The van der Waals surface area contributed by atoms with Crippen molar-refractivity contribution in [3.63, 3.8) is 0 Å². The smallest absolute Gasteiger partial charge is 0.253 e. The Labute approximate surface area is 132 Å². The van der Waals surface area contributed by atoms with Crippen molar-refractivity contribution in [2.75, 3.05) is 5.75 Å². The predicted molar refractivity (Wildman–Crippen MR) is 76.6 cm³/mol. The van der Waals surface area contributed by atoms with E-state index in [2.05, 4.69) is 10.4 Å². The lowest BCUT2D eigenvalue weighted by Crippen LogP contribution is -2.41. The largest absolute Gasteiger partial charge is 0.748 e. The van der Waals surface area contributed by atoms with Crippen LogP contribution in [0.3, 0.4) is 0 Å². The van der Waals surface area contributed by atoms with Crippen LogP contribution in [0.1, 0.15) is 15.9 Å². The van der Waals surface area contributed by atoms with E-state index in [1.165, 1.54) is 35.3 Å². The maximum absolute atomic E-state index is 12.8. The minimum Gasteiger partial charge on any atom is -0.748 e. The first-order chi connectivity index (χ1) is 10.8. The Bertz CT molecular complexity index is 777. The number of carbonyl (C=O) groups is 1. The van der Waals surface area contributed by atoms with E-state index in [-0.39, 0.29) is 30.4 Å². The van der Waals surface area contributed by atoms with E-state index in [0.29, 0.717) is 0 Å². The highest BCUT2D eigenvalue weighted by Crippen LogP contribution is 2.03. The monoisotopic (exact) mass is 339 g/mol. The molecule has 0 saturated heterocycles. The van der Waals surface area contributed by atoms with Crippen molar-refractivity contribution in [2.45, 2.75) is 13.1 Å². The lowest BCUT2D eigenvalue weighted by molar-refractivity contribution is -0.750. The Kier molecular flexibility index (Phi) is 5.35. The molecule has 0 saturated carbocycles. The highest BCUT2D eigenvalue weighted by molar-refractivity contribution is 7.85. The Morgan fingerprint density at radius 3 is 2.52 bits per heavy atom. The van der Waals surface area contributed by atoms with E-state index >= 15 is 0 Å². The molecule has 1 aromatic heterocycles. The van der Waals surface area contributed by atoms with Gasteiger partial charge >= 0.3 is 0 Å². The Balaban J connectivity index is 1.91. The second-order valence-electron chi connectivity index (χ2n) is 4.75. The average molecular weight is 339 g/mol. The lowest BCUT2D eigenvalue weighted by Gasteiger charge is -2.05. The predicted octanol–water partition coefficient (Wildman–Crippen LogP) is -0.0166.